The minimum absolute atomic E-state index is 0.00903. The van der Waals surface area contributed by atoms with E-state index in [1.807, 2.05) is 17.5 Å². The van der Waals surface area contributed by atoms with E-state index in [1.54, 1.807) is 16.2 Å². The molecule has 1 aromatic rings. The van der Waals surface area contributed by atoms with E-state index in [1.165, 1.54) is 0 Å². The number of ether oxygens (including phenoxy) is 1. The van der Waals surface area contributed by atoms with Crippen LogP contribution in [0.5, 0.6) is 0 Å². The van der Waals surface area contributed by atoms with Crippen LogP contribution in [0.25, 0.3) is 0 Å². The van der Waals surface area contributed by atoms with E-state index in [2.05, 4.69) is 0 Å². The van der Waals surface area contributed by atoms with Crippen molar-refractivity contribution in [1.29, 1.82) is 0 Å². The van der Waals surface area contributed by atoms with Gasteiger partial charge in [-0.3, -0.25) is 9.69 Å². The first-order chi connectivity index (χ1) is 10.2. The molecule has 114 valence electrons. The quantitative estimate of drug-likeness (QED) is 0.798. The standard InChI is InChI=1S/C14H18N2O4S/c17-10(8-20-9-11-3-2-6-21-11)7-16-13(18)12-4-1-5-15(12)14(16)19/h2-3,6,10,12,17H,1,4-5,7-9H2/t10-,12-/m0/s1. The number of imide groups is 1. The highest BCUT2D eigenvalue weighted by Crippen LogP contribution is 2.27. The summed E-state index contributed by atoms with van der Waals surface area (Å²) in [5, 5.41) is 11.9. The monoisotopic (exact) mass is 310 g/mol. The average Bonchev–Trinajstić information content (AvgIpc) is 3.17. The molecule has 0 aromatic carbocycles. The smallest absolute Gasteiger partial charge is 0.327 e. The second-order valence-corrected chi connectivity index (χ2v) is 6.36. The molecule has 2 aliphatic rings. The minimum Gasteiger partial charge on any atom is -0.389 e. The van der Waals surface area contributed by atoms with Crippen LogP contribution in [0.2, 0.25) is 0 Å². The summed E-state index contributed by atoms with van der Waals surface area (Å²) < 4.78 is 5.41. The summed E-state index contributed by atoms with van der Waals surface area (Å²) in [4.78, 5) is 28.0. The molecule has 1 N–H and O–H groups in total. The van der Waals surface area contributed by atoms with Crippen molar-refractivity contribution in [3.05, 3.63) is 22.4 Å². The molecule has 3 amide bonds. The Kier molecular flexibility index (Phi) is 4.23. The number of thiophene rings is 1. The Morgan fingerprint density at radius 3 is 3.05 bits per heavy atom. The number of fused-ring (bicyclic) bond motifs is 1. The first kappa shape index (κ1) is 14.5. The molecular weight excluding hydrogens is 292 g/mol. The number of aliphatic hydroxyl groups excluding tert-OH is 1. The molecule has 0 spiro atoms. The van der Waals surface area contributed by atoms with E-state index < -0.39 is 6.10 Å². The Morgan fingerprint density at radius 2 is 2.33 bits per heavy atom. The van der Waals surface area contributed by atoms with Gasteiger partial charge in [0.15, 0.2) is 0 Å². The second-order valence-electron chi connectivity index (χ2n) is 5.33. The maximum absolute atomic E-state index is 12.1. The van der Waals surface area contributed by atoms with Gasteiger partial charge in [-0.05, 0) is 24.3 Å². The van der Waals surface area contributed by atoms with Crippen LogP contribution >= 0.6 is 11.3 Å². The van der Waals surface area contributed by atoms with Gasteiger partial charge in [0.05, 0.1) is 25.9 Å². The van der Waals surface area contributed by atoms with E-state index >= 15 is 0 Å². The molecule has 2 fully saturated rings. The van der Waals surface area contributed by atoms with Gasteiger partial charge in [0, 0.05) is 11.4 Å². The lowest BCUT2D eigenvalue weighted by Crippen LogP contribution is -2.40. The summed E-state index contributed by atoms with van der Waals surface area (Å²) in [6.45, 7) is 1.19. The number of hydrogen-bond donors (Lipinski definition) is 1. The summed E-state index contributed by atoms with van der Waals surface area (Å²) in [6, 6.07) is 3.31. The molecule has 3 heterocycles. The molecular formula is C14H18N2O4S. The Hall–Kier alpha value is -1.44. The largest absolute Gasteiger partial charge is 0.389 e. The highest BCUT2D eigenvalue weighted by atomic mass is 32.1. The van der Waals surface area contributed by atoms with Crippen molar-refractivity contribution in [1.82, 2.24) is 9.80 Å². The topological polar surface area (TPSA) is 70.1 Å². The van der Waals surface area contributed by atoms with Gasteiger partial charge in [-0.15, -0.1) is 11.3 Å². The van der Waals surface area contributed by atoms with E-state index in [-0.39, 0.29) is 31.1 Å². The third-order valence-electron chi connectivity index (χ3n) is 3.81. The fourth-order valence-electron chi connectivity index (χ4n) is 2.80. The fourth-order valence-corrected chi connectivity index (χ4v) is 3.44. The number of rotatable bonds is 6. The first-order valence-electron chi connectivity index (χ1n) is 7.07. The molecule has 21 heavy (non-hydrogen) atoms. The predicted molar refractivity (Wildman–Crippen MR) is 76.8 cm³/mol. The van der Waals surface area contributed by atoms with Gasteiger partial charge >= 0.3 is 6.03 Å². The van der Waals surface area contributed by atoms with Gasteiger partial charge < -0.3 is 14.7 Å². The van der Waals surface area contributed by atoms with E-state index in [4.69, 9.17) is 4.74 Å². The second kappa shape index (κ2) is 6.13. The van der Waals surface area contributed by atoms with E-state index in [0.717, 1.165) is 22.6 Å². The molecule has 2 atom stereocenters. The van der Waals surface area contributed by atoms with Crippen LogP contribution in [0.1, 0.15) is 17.7 Å². The zero-order chi connectivity index (χ0) is 14.8. The Balaban J connectivity index is 1.47. The lowest BCUT2D eigenvalue weighted by Gasteiger charge is -2.19. The maximum Gasteiger partial charge on any atom is 0.327 e. The summed E-state index contributed by atoms with van der Waals surface area (Å²) in [5.41, 5.74) is 0. The van der Waals surface area contributed by atoms with Crippen LogP contribution in [0.3, 0.4) is 0 Å². The molecule has 6 nitrogen and oxygen atoms in total. The van der Waals surface area contributed by atoms with E-state index in [9.17, 15) is 14.7 Å². The van der Waals surface area contributed by atoms with Gasteiger partial charge in [0.2, 0.25) is 0 Å². The molecule has 1 aromatic heterocycles. The zero-order valence-corrected chi connectivity index (χ0v) is 12.4. The number of β-amino-alcohol motifs (C(OH)–C–C–N with tert-alkyl or cyclic N) is 1. The maximum atomic E-state index is 12.1. The lowest BCUT2D eigenvalue weighted by molar-refractivity contribution is -0.129. The predicted octanol–water partition coefficient (Wildman–Crippen LogP) is 1.05. The summed E-state index contributed by atoms with van der Waals surface area (Å²) in [6.07, 6.45) is 0.756. The molecule has 0 aliphatic carbocycles. The number of amides is 3. The first-order valence-corrected chi connectivity index (χ1v) is 7.95. The lowest BCUT2D eigenvalue weighted by atomic mass is 10.2. The van der Waals surface area contributed by atoms with Crippen LogP contribution in [-0.4, -0.2) is 58.7 Å². The number of aliphatic hydroxyl groups is 1. The van der Waals surface area contributed by atoms with Crippen molar-refractivity contribution in [3.63, 3.8) is 0 Å². The third kappa shape index (κ3) is 2.95. The van der Waals surface area contributed by atoms with Crippen LogP contribution in [0.4, 0.5) is 4.79 Å². The zero-order valence-electron chi connectivity index (χ0n) is 11.6. The minimum atomic E-state index is -0.849. The Bertz CT molecular complexity index is 497. The van der Waals surface area contributed by atoms with E-state index in [0.29, 0.717) is 13.2 Å². The van der Waals surface area contributed by atoms with Gasteiger partial charge in [-0.1, -0.05) is 6.07 Å². The van der Waals surface area contributed by atoms with Crippen LogP contribution in [-0.2, 0) is 16.1 Å². The fraction of sp³-hybridized carbons (Fsp3) is 0.571. The molecule has 0 radical (unpaired) electrons. The van der Waals surface area contributed by atoms with Crippen molar-refractivity contribution in [2.24, 2.45) is 0 Å². The van der Waals surface area contributed by atoms with Crippen LogP contribution in [0.15, 0.2) is 17.5 Å². The number of nitrogens with zero attached hydrogens (tertiary/aromatic N) is 2. The molecule has 0 bridgehead atoms. The van der Waals surface area contributed by atoms with Crippen LogP contribution < -0.4 is 0 Å². The molecule has 3 rings (SSSR count). The van der Waals surface area contributed by atoms with Gasteiger partial charge in [0.1, 0.15) is 6.04 Å². The molecule has 0 unspecified atom stereocenters. The Morgan fingerprint density at radius 1 is 1.48 bits per heavy atom. The summed E-state index contributed by atoms with van der Waals surface area (Å²) in [5.74, 6) is -0.185. The van der Waals surface area contributed by atoms with Crippen molar-refractivity contribution >= 4 is 23.3 Å². The normalized spacial score (nSPS) is 23.0. The van der Waals surface area contributed by atoms with Gasteiger partial charge in [0.25, 0.3) is 5.91 Å². The highest BCUT2D eigenvalue weighted by molar-refractivity contribution is 7.09. The van der Waals surface area contributed by atoms with Gasteiger partial charge in [-0.2, -0.15) is 0 Å². The van der Waals surface area contributed by atoms with Crippen molar-refractivity contribution < 1.29 is 19.4 Å². The summed E-state index contributed by atoms with van der Waals surface area (Å²) in [7, 11) is 0. The SMILES string of the molecule is O=C1[C@@H]2CCCN2C(=O)N1C[C@H](O)COCc1cccs1. The average molecular weight is 310 g/mol. The molecule has 0 saturated carbocycles. The summed E-state index contributed by atoms with van der Waals surface area (Å²) >= 11 is 1.59. The number of hydrogen-bond acceptors (Lipinski definition) is 5. The highest BCUT2D eigenvalue weighted by Gasteiger charge is 2.47. The molecule has 2 aliphatic heterocycles. The van der Waals surface area contributed by atoms with Crippen molar-refractivity contribution in [3.8, 4) is 0 Å². The van der Waals surface area contributed by atoms with Crippen LogP contribution in [0, 0.1) is 0 Å². The van der Waals surface area contributed by atoms with Crippen molar-refractivity contribution in [2.45, 2.75) is 31.6 Å². The number of urea groups is 1. The number of carbonyl (C=O) groups excluding carboxylic acids is 2. The Labute approximate surface area is 126 Å². The van der Waals surface area contributed by atoms with Crippen molar-refractivity contribution in [2.75, 3.05) is 19.7 Å². The number of carbonyl (C=O) groups is 2. The molecule has 2 saturated heterocycles. The van der Waals surface area contributed by atoms with Gasteiger partial charge in [-0.25, -0.2) is 4.79 Å². The third-order valence-corrected chi connectivity index (χ3v) is 4.66. The molecule has 7 heteroatoms.